The van der Waals surface area contributed by atoms with Crippen molar-refractivity contribution >= 4 is 11.0 Å². The fourth-order valence-corrected chi connectivity index (χ4v) is 0. The van der Waals surface area contributed by atoms with E-state index in [0.29, 0.717) is 0 Å². The molecule has 0 heterocycles. The number of rotatable bonds is 0. The predicted molar refractivity (Wildman–Crippen MR) is 12.7 cm³/mol. The molecule has 0 amide bonds. The Labute approximate surface area is 48.4 Å². The van der Waals surface area contributed by atoms with Crippen molar-refractivity contribution < 1.29 is 37.2 Å². The van der Waals surface area contributed by atoms with E-state index in [9.17, 15) is 0 Å². The van der Waals surface area contributed by atoms with Crippen LogP contribution in [0.1, 0.15) is 0 Å². The molecule has 0 atom stereocenters. The molecule has 0 radical (unpaired) electrons. The van der Waals surface area contributed by atoms with Crippen molar-refractivity contribution in [1.29, 1.82) is 0 Å². The van der Waals surface area contributed by atoms with Crippen LogP contribution in [0.2, 0.25) is 0 Å². The summed E-state index contributed by atoms with van der Waals surface area (Å²) in [5, 5.41) is 0. The molecule has 0 N–H and O–H groups in total. The van der Waals surface area contributed by atoms with E-state index in [0.717, 1.165) is 0 Å². The summed E-state index contributed by atoms with van der Waals surface area (Å²) in [7, 11) is 0. The molecule has 0 aromatic heterocycles. The van der Waals surface area contributed by atoms with Crippen molar-refractivity contribution in [3.05, 3.63) is 0 Å². The van der Waals surface area contributed by atoms with Gasteiger partial charge in [-0.1, -0.05) is 0 Å². The van der Waals surface area contributed by atoms with Gasteiger partial charge in [-0.2, -0.15) is 0 Å². The largest absolute Gasteiger partial charge is 4.00 e. The zero-order chi connectivity index (χ0) is 0. The molecule has 0 spiro atoms. The first-order valence-corrected chi connectivity index (χ1v) is 0. The van der Waals surface area contributed by atoms with E-state index < -0.39 is 0 Å². The predicted octanol–water partition coefficient (Wildman–Crippen LogP) is -1.69. The van der Waals surface area contributed by atoms with Gasteiger partial charge in [0.05, 0.1) is 0 Å². The molecule has 24 valence electrons. The number of hydrogen-bond acceptors (Lipinski definition) is 0. The smallest absolute Gasteiger partial charge is 2.00 e. The third kappa shape index (κ3) is 11.8. The van der Waals surface area contributed by atoms with Crippen LogP contribution in [0.5, 0.6) is 0 Å². The minimum absolute atomic E-state index is 0. The summed E-state index contributed by atoms with van der Waals surface area (Å²) in [6.07, 6.45) is 0. The molecule has 4 heavy (non-hydrogen) atoms. The maximum atomic E-state index is 0. The van der Waals surface area contributed by atoms with Crippen LogP contribution in [0.4, 0.5) is 0 Å². The zero-order valence-corrected chi connectivity index (χ0v) is 3.77. The van der Waals surface area contributed by atoms with Gasteiger partial charge >= 0.3 is 26.2 Å². The van der Waals surface area contributed by atoms with Gasteiger partial charge in [-0.05, 0) is 11.0 Å². The van der Waals surface area contributed by atoms with Crippen LogP contribution in [-0.4, -0.2) is 11.0 Å². The van der Waals surface area contributed by atoms with Crippen molar-refractivity contribution in [2.45, 2.75) is 0 Å². The van der Waals surface area contributed by atoms with E-state index >= 15 is 0 Å². The van der Waals surface area contributed by atoms with Crippen LogP contribution < -0.4 is 0 Å². The quantitative estimate of drug-likeness (QED) is 0.375. The molecule has 0 bridgehead atoms. The summed E-state index contributed by atoms with van der Waals surface area (Å²) < 4.78 is 0. The van der Waals surface area contributed by atoms with Crippen molar-refractivity contribution in [1.82, 2.24) is 0 Å². The van der Waals surface area contributed by atoms with Gasteiger partial charge in [0.15, 0.2) is 0 Å². The molecular weight excluding hydrogens is 151 g/mol. The molecule has 0 aromatic carbocycles. The molecule has 2 nitrogen and oxygen atoms in total. The Morgan fingerprint density at radius 3 is 0.750 bits per heavy atom. The van der Waals surface area contributed by atoms with Gasteiger partial charge in [-0.15, -0.1) is 0 Å². The van der Waals surface area contributed by atoms with E-state index in [4.69, 9.17) is 0 Å². The summed E-state index contributed by atoms with van der Waals surface area (Å²) in [4.78, 5) is 0. The maximum Gasteiger partial charge on any atom is 4.00 e. The summed E-state index contributed by atoms with van der Waals surface area (Å²) in [6, 6.07) is 0. The molecule has 0 aliphatic carbocycles. The van der Waals surface area contributed by atoms with Crippen molar-refractivity contribution in [3.8, 4) is 0 Å². The third-order valence-corrected chi connectivity index (χ3v) is 0. The van der Waals surface area contributed by atoms with Crippen LogP contribution in [0.15, 0.2) is 0 Å². The summed E-state index contributed by atoms with van der Waals surface area (Å²) in [6.45, 7) is 0. The molecule has 0 fully saturated rings. The van der Waals surface area contributed by atoms with Gasteiger partial charge in [-0.25, -0.2) is 0 Å². The SMILES string of the molecule is [O-2].[O-2].[SiH4].[Zr+4]. The van der Waals surface area contributed by atoms with Crippen LogP contribution in [0.25, 0.3) is 0 Å². The minimum Gasteiger partial charge on any atom is -2.00 e. The van der Waals surface area contributed by atoms with Crippen LogP contribution in [0.3, 0.4) is 0 Å². The molecule has 0 saturated carbocycles. The first-order chi connectivity index (χ1) is 0. The Morgan fingerprint density at radius 1 is 0.750 bits per heavy atom. The fourth-order valence-electron chi connectivity index (χ4n) is 0. The summed E-state index contributed by atoms with van der Waals surface area (Å²) in [5.41, 5.74) is 0. The maximum absolute atomic E-state index is 0. The van der Waals surface area contributed by atoms with E-state index in [1.807, 2.05) is 0 Å². The van der Waals surface area contributed by atoms with Gasteiger partial charge in [-0.3, -0.25) is 0 Å². The van der Waals surface area contributed by atoms with Crippen molar-refractivity contribution in [2.75, 3.05) is 0 Å². The topological polar surface area (TPSA) is 57.0 Å². The molecule has 0 rings (SSSR count). The second kappa shape index (κ2) is 35.2. The first-order valence-electron chi connectivity index (χ1n) is 0. The zero-order valence-electron chi connectivity index (χ0n) is 1.32. The van der Waals surface area contributed by atoms with E-state index in [1.165, 1.54) is 0 Å². The Balaban J connectivity index is 0. The van der Waals surface area contributed by atoms with E-state index in [2.05, 4.69) is 0 Å². The normalized spacial score (nSPS) is 0. The molecule has 4 heteroatoms. The van der Waals surface area contributed by atoms with Gasteiger partial charge in [0, 0.05) is 0 Å². The Kier molecular flexibility index (Phi) is 687. The Bertz CT molecular complexity index is 6.00. The van der Waals surface area contributed by atoms with Gasteiger partial charge in [0.25, 0.3) is 0 Å². The molecule has 0 aliphatic heterocycles. The average Bonchev–Trinajstić information content (AvgIpc) is 0. The molecular formula is H4O2SiZr. The van der Waals surface area contributed by atoms with Crippen molar-refractivity contribution in [2.24, 2.45) is 0 Å². The fraction of sp³-hybridized carbons (Fsp3) is 0. The molecule has 0 saturated heterocycles. The van der Waals surface area contributed by atoms with Crippen molar-refractivity contribution in [3.63, 3.8) is 0 Å². The summed E-state index contributed by atoms with van der Waals surface area (Å²) in [5.74, 6) is 0. The van der Waals surface area contributed by atoms with E-state index in [-0.39, 0.29) is 48.1 Å². The molecule has 0 unspecified atom stereocenters. The number of hydrogen-bond donors (Lipinski definition) is 0. The van der Waals surface area contributed by atoms with E-state index in [1.54, 1.807) is 0 Å². The standard InChI is InChI=1S/2O.H4Si.Zr/h;;1H4;/q2*-2;;+4. The minimum atomic E-state index is 0. The van der Waals surface area contributed by atoms with Gasteiger partial charge in [0.1, 0.15) is 0 Å². The van der Waals surface area contributed by atoms with Gasteiger partial charge in [0.2, 0.25) is 0 Å². The monoisotopic (exact) mass is 154 g/mol. The van der Waals surface area contributed by atoms with Crippen LogP contribution in [-0.2, 0) is 37.2 Å². The Hall–Kier alpha value is 1.02. The second-order valence-corrected chi connectivity index (χ2v) is 0. The Morgan fingerprint density at radius 2 is 0.750 bits per heavy atom. The molecule has 0 aromatic rings. The van der Waals surface area contributed by atoms with Gasteiger partial charge < -0.3 is 11.0 Å². The van der Waals surface area contributed by atoms with Crippen LogP contribution >= 0.6 is 0 Å². The average molecular weight is 155 g/mol. The van der Waals surface area contributed by atoms with Crippen LogP contribution in [0, 0.1) is 0 Å². The second-order valence-electron chi connectivity index (χ2n) is 0. The first kappa shape index (κ1) is 78.0. The summed E-state index contributed by atoms with van der Waals surface area (Å²) >= 11 is 0. The third-order valence-electron chi connectivity index (χ3n) is 0. The molecule has 0 aliphatic rings.